The van der Waals surface area contributed by atoms with Crippen molar-refractivity contribution in [3.63, 3.8) is 0 Å². The molecular formula is C17H16Cl2N2O3. The fourth-order valence-electron chi connectivity index (χ4n) is 2.32. The number of ether oxygens (including phenoxy) is 2. The smallest absolute Gasteiger partial charge is 0.319 e. The third-order valence-electron chi connectivity index (χ3n) is 3.49. The van der Waals surface area contributed by atoms with Gasteiger partial charge in [-0.05, 0) is 42.3 Å². The molecule has 1 aliphatic heterocycles. The maximum Gasteiger partial charge on any atom is 0.319 e. The highest BCUT2D eigenvalue weighted by molar-refractivity contribution is 6.36. The number of anilines is 1. The maximum atomic E-state index is 11.9. The number of benzene rings is 2. The first-order chi connectivity index (χ1) is 11.6. The van der Waals surface area contributed by atoms with Crippen molar-refractivity contribution >= 4 is 34.9 Å². The molecule has 3 rings (SSSR count). The monoisotopic (exact) mass is 366 g/mol. The molecule has 0 aliphatic carbocycles. The van der Waals surface area contributed by atoms with Crippen molar-refractivity contribution in [2.75, 3.05) is 25.1 Å². The summed E-state index contributed by atoms with van der Waals surface area (Å²) in [6.45, 7) is 1.61. The molecule has 2 aromatic carbocycles. The van der Waals surface area contributed by atoms with Crippen LogP contribution in [0.1, 0.15) is 5.56 Å². The van der Waals surface area contributed by atoms with Crippen molar-refractivity contribution in [3.05, 3.63) is 52.0 Å². The van der Waals surface area contributed by atoms with Crippen LogP contribution in [-0.2, 0) is 6.42 Å². The van der Waals surface area contributed by atoms with Gasteiger partial charge in [0.1, 0.15) is 13.2 Å². The largest absolute Gasteiger partial charge is 0.486 e. The lowest BCUT2D eigenvalue weighted by Crippen LogP contribution is -2.30. The van der Waals surface area contributed by atoms with Crippen LogP contribution in [0.4, 0.5) is 10.5 Å². The van der Waals surface area contributed by atoms with E-state index in [0.717, 1.165) is 17.1 Å². The number of hydrogen-bond donors (Lipinski definition) is 2. The Balaban J connectivity index is 1.50. The first-order valence-electron chi connectivity index (χ1n) is 7.50. The van der Waals surface area contributed by atoms with Gasteiger partial charge in [0.15, 0.2) is 11.5 Å². The minimum Gasteiger partial charge on any atom is -0.486 e. The van der Waals surface area contributed by atoms with Crippen molar-refractivity contribution in [1.82, 2.24) is 5.32 Å². The molecule has 5 nitrogen and oxygen atoms in total. The first kappa shape index (κ1) is 16.7. The van der Waals surface area contributed by atoms with Gasteiger partial charge in [-0.15, -0.1) is 0 Å². The molecule has 0 fully saturated rings. The molecule has 0 saturated carbocycles. The van der Waals surface area contributed by atoms with Crippen molar-refractivity contribution in [1.29, 1.82) is 0 Å². The Morgan fingerprint density at radius 3 is 2.62 bits per heavy atom. The summed E-state index contributed by atoms with van der Waals surface area (Å²) in [5.41, 5.74) is 1.57. The number of carbonyl (C=O) groups is 1. The van der Waals surface area contributed by atoms with Gasteiger partial charge >= 0.3 is 6.03 Å². The summed E-state index contributed by atoms with van der Waals surface area (Å²) in [4.78, 5) is 11.9. The summed E-state index contributed by atoms with van der Waals surface area (Å²) in [5.74, 6) is 1.50. The van der Waals surface area contributed by atoms with Crippen molar-refractivity contribution in [2.45, 2.75) is 6.42 Å². The van der Waals surface area contributed by atoms with Gasteiger partial charge < -0.3 is 20.1 Å². The Hall–Kier alpha value is -2.11. The van der Waals surface area contributed by atoms with E-state index in [1.807, 2.05) is 18.2 Å². The molecule has 2 amide bonds. The summed E-state index contributed by atoms with van der Waals surface area (Å²) in [5, 5.41) is 6.39. The molecule has 0 radical (unpaired) electrons. The molecule has 7 heteroatoms. The Bertz CT molecular complexity index is 753. The molecule has 0 atom stereocenters. The number of urea groups is 1. The number of hydrogen-bond acceptors (Lipinski definition) is 3. The highest BCUT2D eigenvalue weighted by Crippen LogP contribution is 2.30. The number of amides is 2. The molecule has 0 spiro atoms. The first-order valence-corrected chi connectivity index (χ1v) is 8.26. The topological polar surface area (TPSA) is 59.6 Å². The molecule has 2 aromatic rings. The third-order valence-corrected chi connectivity index (χ3v) is 4.03. The van der Waals surface area contributed by atoms with Crippen LogP contribution in [-0.4, -0.2) is 25.8 Å². The third kappa shape index (κ3) is 4.24. The zero-order valence-corrected chi connectivity index (χ0v) is 14.3. The Morgan fingerprint density at radius 1 is 1.04 bits per heavy atom. The summed E-state index contributed by atoms with van der Waals surface area (Å²) in [6.07, 6.45) is 0.679. The second-order valence-corrected chi connectivity index (χ2v) is 6.08. The fraction of sp³-hybridized carbons (Fsp3) is 0.235. The van der Waals surface area contributed by atoms with Gasteiger partial charge in [0.05, 0.1) is 10.7 Å². The van der Waals surface area contributed by atoms with Crippen LogP contribution in [0.25, 0.3) is 0 Å². The summed E-state index contributed by atoms with van der Waals surface area (Å²) < 4.78 is 11.0. The molecule has 1 aliphatic rings. The predicted molar refractivity (Wildman–Crippen MR) is 94.6 cm³/mol. The van der Waals surface area contributed by atoms with Crippen molar-refractivity contribution in [3.8, 4) is 11.5 Å². The molecule has 1 heterocycles. The molecular weight excluding hydrogens is 351 g/mol. The molecule has 0 saturated heterocycles. The number of carbonyl (C=O) groups excluding carboxylic acids is 1. The zero-order chi connectivity index (χ0) is 16.9. The van der Waals surface area contributed by atoms with Crippen LogP contribution >= 0.6 is 23.2 Å². The molecule has 24 heavy (non-hydrogen) atoms. The van der Waals surface area contributed by atoms with Crippen LogP contribution in [0.15, 0.2) is 36.4 Å². The van der Waals surface area contributed by atoms with E-state index in [2.05, 4.69) is 10.6 Å². The Labute approximate surface area is 149 Å². The van der Waals surface area contributed by atoms with Crippen LogP contribution in [0.2, 0.25) is 10.0 Å². The lowest BCUT2D eigenvalue weighted by atomic mass is 10.1. The van der Waals surface area contributed by atoms with Gasteiger partial charge in [0, 0.05) is 11.6 Å². The van der Waals surface area contributed by atoms with Crippen LogP contribution in [0, 0.1) is 0 Å². The Morgan fingerprint density at radius 2 is 1.83 bits per heavy atom. The van der Waals surface area contributed by atoms with Crippen molar-refractivity contribution < 1.29 is 14.3 Å². The van der Waals surface area contributed by atoms with Crippen molar-refractivity contribution in [2.24, 2.45) is 0 Å². The average Bonchev–Trinajstić information content (AvgIpc) is 2.57. The standard InChI is InChI=1S/C17H16Cl2N2O3/c18-12-2-3-14(13(19)10-12)21-17(22)20-6-5-11-1-4-15-16(9-11)24-8-7-23-15/h1-4,9-10H,5-8H2,(H2,20,21,22). The maximum absolute atomic E-state index is 11.9. The van der Waals surface area contributed by atoms with E-state index >= 15 is 0 Å². The summed E-state index contributed by atoms with van der Waals surface area (Å²) >= 11 is 11.8. The van der Waals surface area contributed by atoms with Crippen LogP contribution in [0.3, 0.4) is 0 Å². The minimum atomic E-state index is -0.322. The van der Waals surface area contributed by atoms with Crippen LogP contribution in [0.5, 0.6) is 11.5 Å². The molecule has 2 N–H and O–H groups in total. The van der Waals surface area contributed by atoms with Gasteiger partial charge in [-0.1, -0.05) is 29.3 Å². The molecule has 126 valence electrons. The van der Waals surface area contributed by atoms with Crippen LogP contribution < -0.4 is 20.1 Å². The highest BCUT2D eigenvalue weighted by atomic mass is 35.5. The molecule has 0 unspecified atom stereocenters. The van der Waals surface area contributed by atoms with Gasteiger partial charge in [-0.3, -0.25) is 0 Å². The summed E-state index contributed by atoms with van der Waals surface area (Å²) in [6, 6.07) is 10.4. The number of halogens is 2. The van der Waals surface area contributed by atoms with E-state index in [4.69, 9.17) is 32.7 Å². The van der Waals surface area contributed by atoms with E-state index < -0.39 is 0 Å². The predicted octanol–water partition coefficient (Wildman–Crippen LogP) is 4.13. The lowest BCUT2D eigenvalue weighted by Gasteiger charge is -2.18. The van der Waals surface area contributed by atoms with E-state index in [0.29, 0.717) is 41.9 Å². The second-order valence-electron chi connectivity index (χ2n) is 5.23. The normalized spacial score (nSPS) is 12.6. The summed E-state index contributed by atoms with van der Waals surface area (Å²) in [7, 11) is 0. The highest BCUT2D eigenvalue weighted by Gasteiger charge is 2.12. The molecule has 0 bridgehead atoms. The number of nitrogens with one attached hydrogen (secondary N) is 2. The Kier molecular flexibility index (Phi) is 5.33. The fourth-order valence-corrected chi connectivity index (χ4v) is 2.78. The van der Waals surface area contributed by atoms with E-state index in [1.54, 1.807) is 18.2 Å². The van der Waals surface area contributed by atoms with Gasteiger partial charge in [-0.2, -0.15) is 0 Å². The second kappa shape index (κ2) is 7.64. The quantitative estimate of drug-likeness (QED) is 0.854. The zero-order valence-electron chi connectivity index (χ0n) is 12.8. The average molecular weight is 367 g/mol. The number of rotatable bonds is 4. The SMILES string of the molecule is O=C(NCCc1ccc2c(c1)OCCO2)Nc1ccc(Cl)cc1Cl. The molecule has 0 aromatic heterocycles. The van der Waals surface area contributed by atoms with E-state index in [9.17, 15) is 4.79 Å². The van der Waals surface area contributed by atoms with Gasteiger partial charge in [-0.25, -0.2) is 4.79 Å². The lowest BCUT2D eigenvalue weighted by molar-refractivity contribution is 0.171. The minimum absolute atomic E-state index is 0.322. The van der Waals surface area contributed by atoms with Gasteiger partial charge in [0.2, 0.25) is 0 Å². The number of fused-ring (bicyclic) bond motifs is 1. The van der Waals surface area contributed by atoms with E-state index in [-0.39, 0.29) is 6.03 Å². The van der Waals surface area contributed by atoms with Gasteiger partial charge in [0.25, 0.3) is 0 Å². The van der Waals surface area contributed by atoms with E-state index in [1.165, 1.54) is 0 Å².